The number of amides is 1. The number of rotatable bonds is 5. The molecule has 0 radical (unpaired) electrons. The monoisotopic (exact) mass is 401 g/mol. The van der Waals surface area contributed by atoms with Crippen molar-refractivity contribution in [3.05, 3.63) is 82.1 Å². The van der Waals surface area contributed by atoms with Gasteiger partial charge in [-0.15, -0.1) is 0 Å². The second kappa shape index (κ2) is 8.35. The molecule has 0 aliphatic rings. The summed E-state index contributed by atoms with van der Waals surface area (Å²) in [5.74, 6) is -1.88. The minimum Gasteiger partial charge on any atom is -0.323 e. The molecule has 1 aromatic heterocycles. The van der Waals surface area contributed by atoms with Crippen molar-refractivity contribution in [3.63, 3.8) is 0 Å². The highest BCUT2D eigenvalue weighted by molar-refractivity contribution is 8.00. The minimum absolute atomic E-state index is 0.227. The summed E-state index contributed by atoms with van der Waals surface area (Å²) in [4.78, 5) is 24.4. The molecule has 0 aliphatic heterocycles. The van der Waals surface area contributed by atoms with Gasteiger partial charge in [-0.25, -0.2) is 8.78 Å². The number of thioether (sulfide) groups is 1. The van der Waals surface area contributed by atoms with Crippen LogP contribution in [0.25, 0.3) is 5.69 Å². The van der Waals surface area contributed by atoms with Gasteiger partial charge in [0.1, 0.15) is 16.7 Å². The first-order valence-electron chi connectivity index (χ1n) is 8.43. The smallest absolute Gasteiger partial charge is 0.271 e. The van der Waals surface area contributed by atoms with Crippen molar-refractivity contribution < 1.29 is 13.6 Å². The minimum atomic E-state index is -0.724. The van der Waals surface area contributed by atoms with E-state index in [0.29, 0.717) is 10.7 Å². The van der Waals surface area contributed by atoms with E-state index in [0.717, 1.165) is 35.5 Å². The number of aryl methyl sites for hydroxylation is 1. The Morgan fingerprint density at radius 3 is 2.54 bits per heavy atom. The summed E-state index contributed by atoms with van der Waals surface area (Å²) in [6.07, 6.45) is 0. The van der Waals surface area contributed by atoms with Crippen molar-refractivity contribution in [1.82, 2.24) is 9.78 Å². The van der Waals surface area contributed by atoms with Gasteiger partial charge in [0.05, 0.1) is 16.6 Å². The van der Waals surface area contributed by atoms with Gasteiger partial charge in [-0.05, 0) is 44.2 Å². The van der Waals surface area contributed by atoms with Gasteiger partial charge in [0.15, 0.2) is 0 Å². The second-order valence-corrected chi connectivity index (χ2v) is 7.49. The lowest BCUT2D eigenvalue weighted by molar-refractivity contribution is -0.115. The Kier molecular flexibility index (Phi) is 5.89. The third-order valence-electron chi connectivity index (χ3n) is 3.91. The zero-order chi connectivity index (χ0) is 20.3. The van der Waals surface area contributed by atoms with Crippen LogP contribution in [0, 0.1) is 18.6 Å². The van der Waals surface area contributed by atoms with Crippen molar-refractivity contribution in [2.24, 2.45) is 0 Å². The van der Waals surface area contributed by atoms with Crippen LogP contribution in [0.3, 0.4) is 0 Å². The van der Waals surface area contributed by atoms with Crippen molar-refractivity contribution in [2.45, 2.75) is 24.1 Å². The third-order valence-corrected chi connectivity index (χ3v) is 4.93. The number of hydrogen-bond donors (Lipinski definition) is 1. The number of anilines is 1. The fourth-order valence-electron chi connectivity index (χ4n) is 2.39. The molecule has 28 heavy (non-hydrogen) atoms. The van der Waals surface area contributed by atoms with Crippen LogP contribution in [0.1, 0.15) is 12.5 Å². The van der Waals surface area contributed by atoms with Crippen LogP contribution < -0.4 is 10.9 Å². The lowest BCUT2D eigenvalue weighted by Gasteiger charge is -2.13. The summed E-state index contributed by atoms with van der Waals surface area (Å²) in [6.45, 7) is 3.55. The molecule has 0 aliphatic carbocycles. The van der Waals surface area contributed by atoms with E-state index >= 15 is 0 Å². The number of carbonyl (C=O) groups excluding carboxylic acids is 1. The van der Waals surface area contributed by atoms with Crippen molar-refractivity contribution in [1.29, 1.82) is 0 Å². The Morgan fingerprint density at radius 2 is 1.82 bits per heavy atom. The lowest BCUT2D eigenvalue weighted by Crippen LogP contribution is -2.24. The van der Waals surface area contributed by atoms with Gasteiger partial charge in [-0.3, -0.25) is 9.59 Å². The van der Waals surface area contributed by atoms with E-state index in [9.17, 15) is 18.4 Å². The standard InChI is InChI=1S/C20H17F2N3O2S/c1-12-3-6-15(7-4-12)25-19(26)10-9-18(24-25)28-13(2)20(27)23-17-11-14(21)5-8-16(17)22/h3-11,13H,1-2H3,(H,23,27). The van der Waals surface area contributed by atoms with Crippen molar-refractivity contribution in [2.75, 3.05) is 5.32 Å². The van der Waals surface area contributed by atoms with Gasteiger partial charge >= 0.3 is 0 Å². The molecular weight excluding hydrogens is 384 g/mol. The molecule has 5 nitrogen and oxygen atoms in total. The quantitative estimate of drug-likeness (QED) is 0.658. The van der Waals surface area contributed by atoms with E-state index in [1.807, 2.05) is 19.1 Å². The molecule has 8 heteroatoms. The molecule has 144 valence electrons. The Bertz CT molecular complexity index is 1070. The highest BCUT2D eigenvalue weighted by Crippen LogP contribution is 2.23. The van der Waals surface area contributed by atoms with Gasteiger partial charge in [0.2, 0.25) is 5.91 Å². The zero-order valence-electron chi connectivity index (χ0n) is 15.1. The van der Waals surface area contributed by atoms with Crippen LogP contribution in [-0.2, 0) is 4.79 Å². The molecule has 0 fully saturated rings. The van der Waals surface area contributed by atoms with E-state index in [1.54, 1.807) is 19.1 Å². The number of nitrogens with one attached hydrogen (secondary N) is 1. The average molecular weight is 401 g/mol. The number of hydrogen-bond acceptors (Lipinski definition) is 4. The molecule has 3 aromatic rings. The van der Waals surface area contributed by atoms with Gasteiger partial charge < -0.3 is 5.32 Å². The number of halogens is 2. The van der Waals surface area contributed by atoms with Crippen LogP contribution in [0.4, 0.5) is 14.5 Å². The lowest BCUT2D eigenvalue weighted by atomic mass is 10.2. The molecule has 2 aromatic carbocycles. The fraction of sp³-hybridized carbons (Fsp3) is 0.150. The molecule has 1 amide bonds. The van der Waals surface area contributed by atoms with Gasteiger partial charge in [-0.1, -0.05) is 29.5 Å². The number of benzene rings is 2. The SMILES string of the molecule is Cc1ccc(-n2nc(SC(C)C(=O)Nc3cc(F)ccc3F)ccc2=O)cc1. The van der Waals surface area contributed by atoms with E-state index in [1.165, 1.54) is 16.8 Å². The molecule has 1 heterocycles. The van der Waals surface area contributed by atoms with Crippen LogP contribution in [0.2, 0.25) is 0 Å². The Balaban J connectivity index is 1.76. The maximum absolute atomic E-state index is 13.7. The maximum Gasteiger partial charge on any atom is 0.271 e. The largest absolute Gasteiger partial charge is 0.323 e. The molecular formula is C20H17F2N3O2S. The predicted molar refractivity (Wildman–Crippen MR) is 105 cm³/mol. The zero-order valence-corrected chi connectivity index (χ0v) is 16.0. The molecule has 1 atom stereocenters. The average Bonchev–Trinajstić information content (AvgIpc) is 2.67. The van der Waals surface area contributed by atoms with Crippen LogP contribution >= 0.6 is 11.8 Å². The van der Waals surface area contributed by atoms with E-state index in [4.69, 9.17) is 0 Å². The summed E-state index contributed by atoms with van der Waals surface area (Å²) in [7, 11) is 0. The fourth-order valence-corrected chi connectivity index (χ4v) is 3.19. The predicted octanol–water partition coefficient (Wildman–Crippen LogP) is 3.94. The summed E-state index contributed by atoms with van der Waals surface area (Å²) in [5, 5.41) is 6.44. The van der Waals surface area contributed by atoms with Gasteiger partial charge in [0, 0.05) is 12.1 Å². The molecule has 1 unspecified atom stereocenters. The highest BCUT2D eigenvalue weighted by Gasteiger charge is 2.18. The number of aromatic nitrogens is 2. The van der Waals surface area contributed by atoms with Gasteiger partial charge in [-0.2, -0.15) is 9.78 Å². The van der Waals surface area contributed by atoms with Crippen LogP contribution in [-0.4, -0.2) is 20.9 Å². The molecule has 3 rings (SSSR count). The number of nitrogens with zero attached hydrogens (tertiary/aromatic N) is 2. The Labute approximate surface area is 164 Å². The number of carbonyl (C=O) groups is 1. The summed E-state index contributed by atoms with van der Waals surface area (Å²) < 4.78 is 28.2. The van der Waals surface area contributed by atoms with E-state index in [-0.39, 0.29) is 11.2 Å². The van der Waals surface area contributed by atoms with Crippen molar-refractivity contribution >= 4 is 23.4 Å². The molecule has 0 saturated carbocycles. The van der Waals surface area contributed by atoms with Crippen LogP contribution in [0.5, 0.6) is 0 Å². The molecule has 0 bridgehead atoms. The van der Waals surface area contributed by atoms with E-state index < -0.39 is 22.8 Å². The summed E-state index contributed by atoms with van der Waals surface area (Å²) in [5.41, 5.74) is 1.14. The Hall–Kier alpha value is -3.00. The highest BCUT2D eigenvalue weighted by atomic mass is 32.2. The normalized spacial score (nSPS) is 11.9. The van der Waals surface area contributed by atoms with E-state index in [2.05, 4.69) is 10.4 Å². The Morgan fingerprint density at radius 1 is 1.11 bits per heavy atom. The first kappa shape index (κ1) is 19.8. The first-order valence-corrected chi connectivity index (χ1v) is 9.31. The van der Waals surface area contributed by atoms with Crippen molar-refractivity contribution in [3.8, 4) is 5.69 Å². The third kappa shape index (κ3) is 4.64. The van der Waals surface area contributed by atoms with Gasteiger partial charge in [0.25, 0.3) is 5.56 Å². The topological polar surface area (TPSA) is 64.0 Å². The molecule has 1 N–H and O–H groups in total. The second-order valence-electron chi connectivity index (χ2n) is 6.13. The first-order chi connectivity index (χ1) is 13.3. The molecule has 0 spiro atoms. The maximum atomic E-state index is 13.7. The van der Waals surface area contributed by atoms with Crippen LogP contribution in [0.15, 0.2) is 64.4 Å². The summed E-state index contributed by atoms with van der Waals surface area (Å²) in [6, 6.07) is 13.0. The molecule has 0 saturated heterocycles. The summed E-state index contributed by atoms with van der Waals surface area (Å²) >= 11 is 1.10.